The molecular weight excluding hydrogens is 360 g/mol. The lowest BCUT2D eigenvalue weighted by molar-refractivity contribution is -0.154. The van der Waals surface area contributed by atoms with Crippen LogP contribution in [0.25, 0.3) is 16.7 Å². The zero-order valence-electron chi connectivity index (χ0n) is 15.8. The number of primary amides is 1. The first kappa shape index (κ1) is 18.4. The molecule has 1 aliphatic rings. The first-order chi connectivity index (χ1) is 13.6. The molecule has 8 nitrogen and oxygen atoms in total. The van der Waals surface area contributed by atoms with Crippen molar-refractivity contribution in [3.63, 3.8) is 0 Å². The summed E-state index contributed by atoms with van der Waals surface area (Å²) in [5, 5.41) is 0.841. The lowest BCUT2D eigenvalue weighted by atomic mass is 9.90. The number of benzene rings is 1. The van der Waals surface area contributed by atoms with Gasteiger partial charge in [-0.25, -0.2) is 9.97 Å². The first-order valence-corrected chi connectivity index (χ1v) is 9.05. The summed E-state index contributed by atoms with van der Waals surface area (Å²) in [6.45, 7) is 3.16. The number of pyridine rings is 1. The van der Waals surface area contributed by atoms with E-state index < -0.39 is 0 Å². The standard InChI is InChI=1S/C20H22N4O4/c1-12-9-24(11-22-12)18-8-17(27-6-5-26-2)14-7-13(3-4-16(14)23-18)19-15(10-28-19)20(21)25/h3-4,7-9,11,15,19H,5-6,10H2,1-2H3,(H2,21,25). The van der Waals surface area contributed by atoms with Gasteiger partial charge in [-0.3, -0.25) is 9.36 Å². The summed E-state index contributed by atoms with van der Waals surface area (Å²) in [5.41, 5.74) is 8.01. The Labute approximate surface area is 162 Å². The highest BCUT2D eigenvalue weighted by molar-refractivity contribution is 5.87. The van der Waals surface area contributed by atoms with E-state index >= 15 is 0 Å². The molecule has 0 radical (unpaired) electrons. The van der Waals surface area contributed by atoms with Crippen molar-refractivity contribution < 1.29 is 19.0 Å². The van der Waals surface area contributed by atoms with Crippen LogP contribution in [0.4, 0.5) is 0 Å². The molecule has 1 fully saturated rings. The predicted molar refractivity (Wildman–Crippen MR) is 102 cm³/mol. The number of carbonyl (C=O) groups excluding carboxylic acids is 1. The van der Waals surface area contributed by atoms with Crippen LogP contribution in [0.5, 0.6) is 5.75 Å². The van der Waals surface area contributed by atoms with E-state index in [-0.39, 0.29) is 17.9 Å². The fourth-order valence-corrected chi connectivity index (χ4v) is 3.26. The Morgan fingerprint density at radius 3 is 2.86 bits per heavy atom. The van der Waals surface area contributed by atoms with E-state index in [2.05, 4.69) is 4.98 Å². The number of carbonyl (C=O) groups is 1. The van der Waals surface area contributed by atoms with Crippen molar-refractivity contribution in [2.75, 3.05) is 26.9 Å². The van der Waals surface area contributed by atoms with Gasteiger partial charge in [0.05, 0.1) is 36.4 Å². The predicted octanol–water partition coefficient (Wildman–Crippen LogP) is 1.93. The Hall–Kier alpha value is -2.97. The monoisotopic (exact) mass is 382 g/mol. The van der Waals surface area contributed by atoms with Crippen LogP contribution in [0.15, 0.2) is 36.8 Å². The van der Waals surface area contributed by atoms with Gasteiger partial charge in [-0.15, -0.1) is 0 Å². The van der Waals surface area contributed by atoms with E-state index in [0.717, 1.165) is 22.2 Å². The molecule has 0 aliphatic carbocycles. The van der Waals surface area contributed by atoms with Gasteiger partial charge in [0.2, 0.25) is 5.91 Å². The molecule has 2 unspecified atom stereocenters. The smallest absolute Gasteiger partial charge is 0.225 e. The number of rotatable bonds is 7. The lowest BCUT2D eigenvalue weighted by Gasteiger charge is -2.35. The third-order valence-corrected chi connectivity index (χ3v) is 4.82. The summed E-state index contributed by atoms with van der Waals surface area (Å²) < 4.78 is 18.5. The maximum atomic E-state index is 11.6. The van der Waals surface area contributed by atoms with Crippen LogP contribution in [0.3, 0.4) is 0 Å². The van der Waals surface area contributed by atoms with Crippen LogP contribution in [0, 0.1) is 12.8 Å². The van der Waals surface area contributed by atoms with Gasteiger partial charge in [-0.2, -0.15) is 0 Å². The van der Waals surface area contributed by atoms with Crippen molar-refractivity contribution in [1.29, 1.82) is 0 Å². The number of fused-ring (bicyclic) bond motifs is 1. The zero-order chi connectivity index (χ0) is 19.7. The van der Waals surface area contributed by atoms with Gasteiger partial charge in [0.1, 0.15) is 24.5 Å². The van der Waals surface area contributed by atoms with Gasteiger partial charge in [0, 0.05) is 24.8 Å². The first-order valence-electron chi connectivity index (χ1n) is 9.05. The van der Waals surface area contributed by atoms with E-state index in [1.165, 1.54) is 0 Å². The van der Waals surface area contributed by atoms with Gasteiger partial charge in [0.15, 0.2) is 0 Å². The highest BCUT2D eigenvalue weighted by atomic mass is 16.5. The number of hydrogen-bond acceptors (Lipinski definition) is 6. The minimum atomic E-state index is -0.350. The summed E-state index contributed by atoms with van der Waals surface area (Å²) >= 11 is 0. The van der Waals surface area contributed by atoms with Gasteiger partial charge in [0.25, 0.3) is 0 Å². The molecule has 8 heteroatoms. The number of hydrogen-bond donors (Lipinski definition) is 1. The molecule has 1 amide bonds. The van der Waals surface area contributed by atoms with E-state index in [9.17, 15) is 4.79 Å². The number of nitrogens with zero attached hydrogens (tertiary/aromatic N) is 3. The highest BCUT2D eigenvalue weighted by Crippen LogP contribution is 2.38. The summed E-state index contributed by atoms with van der Waals surface area (Å²) in [6.07, 6.45) is 3.29. The molecule has 3 aromatic rings. The van der Waals surface area contributed by atoms with Crippen molar-refractivity contribution in [1.82, 2.24) is 14.5 Å². The number of imidazole rings is 1. The van der Waals surface area contributed by atoms with Crippen LogP contribution in [0.2, 0.25) is 0 Å². The third-order valence-electron chi connectivity index (χ3n) is 4.82. The van der Waals surface area contributed by atoms with Gasteiger partial charge < -0.3 is 19.9 Å². The van der Waals surface area contributed by atoms with E-state index in [0.29, 0.717) is 31.4 Å². The number of aryl methyl sites for hydroxylation is 1. The SMILES string of the molecule is COCCOc1cc(-n2cnc(C)c2)nc2ccc(C3OCC3C(N)=O)cc12. The lowest BCUT2D eigenvalue weighted by Crippen LogP contribution is -2.42. The van der Waals surface area contributed by atoms with E-state index in [1.807, 2.05) is 42.0 Å². The van der Waals surface area contributed by atoms with Crippen molar-refractivity contribution >= 4 is 16.8 Å². The van der Waals surface area contributed by atoms with E-state index in [4.69, 9.17) is 24.9 Å². The number of aromatic nitrogens is 3. The molecule has 4 rings (SSSR count). The third kappa shape index (κ3) is 3.44. The van der Waals surface area contributed by atoms with Crippen LogP contribution in [0.1, 0.15) is 17.4 Å². The molecule has 146 valence electrons. The molecule has 1 aliphatic heterocycles. The summed E-state index contributed by atoms with van der Waals surface area (Å²) in [5.74, 6) is 0.733. The second-order valence-electron chi connectivity index (χ2n) is 6.78. The number of nitrogens with two attached hydrogens (primary N) is 1. The highest BCUT2D eigenvalue weighted by Gasteiger charge is 2.37. The molecule has 2 N–H and O–H groups in total. The van der Waals surface area contributed by atoms with Crippen molar-refractivity contribution in [3.8, 4) is 11.6 Å². The molecule has 28 heavy (non-hydrogen) atoms. The minimum Gasteiger partial charge on any atom is -0.490 e. The van der Waals surface area contributed by atoms with E-state index in [1.54, 1.807) is 13.4 Å². The van der Waals surface area contributed by atoms with Crippen LogP contribution in [-0.4, -0.2) is 47.4 Å². The maximum Gasteiger partial charge on any atom is 0.225 e. The number of ether oxygens (including phenoxy) is 3. The molecule has 0 bridgehead atoms. The van der Waals surface area contributed by atoms with Crippen LogP contribution >= 0.6 is 0 Å². The molecule has 2 atom stereocenters. The summed E-state index contributed by atoms with van der Waals surface area (Å²) in [7, 11) is 1.63. The van der Waals surface area contributed by atoms with Crippen molar-refractivity contribution in [2.45, 2.75) is 13.0 Å². The molecule has 2 aromatic heterocycles. The molecule has 1 aromatic carbocycles. The molecule has 1 saturated heterocycles. The Kier molecular flexibility index (Phi) is 4.97. The Bertz CT molecular complexity index is 1020. The summed E-state index contributed by atoms with van der Waals surface area (Å²) in [6, 6.07) is 7.64. The molecule has 3 heterocycles. The van der Waals surface area contributed by atoms with Gasteiger partial charge in [-0.05, 0) is 24.6 Å². The number of amides is 1. The summed E-state index contributed by atoms with van der Waals surface area (Å²) in [4.78, 5) is 20.5. The largest absolute Gasteiger partial charge is 0.490 e. The quantitative estimate of drug-likeness (QED) is 0.627. The second kappa shape index (κ2) is 7.57. The van der Waals surface area contributed by atoms with Gasteiger partial charge in [-0.1, -0.05) is 6.07 Å². The molecular formula is C20H22N4O4. The Balaban J connectivity index is 1.76. The molecule has 0 spiro atoms. The zero-order valence-corrected chi connectivity index (χ0v) is 15.8. The average molecular weight is 382 g/mol. The Morgan fingerprint density at radius 1 is 1.36 bits per heavy atom. The second-order valence-corrected chi connectivity index (χ2v) is 6.78. The fourth-order valence-electron chi connectivity index (χ4n) is 3.26. The van der Waals surface area contributed by atoms with Crippen LogP contribution in [-0.2, 0) is 14.3 Å². The number of methoxy groups -OCH3 is 1. The van der Waals surface area contributed by atoms with Gasteiger partial charge >= 0.3 is 0 Å². The Morgan fingerprint density at radius 2 is 2.21 bits per heavy atom. The molecule has 0 saturated carbocycles. The minimum absolute atomic E-state index is 0.309. The fraction of sp³-hybridized carbons (Fsp3) is 0.350. The average Bonchev–Trinajstić information content (AvgIpc) is 3.07. The topological polar surface area (TPSA) is 101 Å². The van der Waals surface area contributed by atoms with Crippen molar-refractivity contribution in [3.05, 3.63) is 48.0 Å². The van der Waals surface area contributed by atoms with Crippen LogP contribution < -0.4 is 10.5 Å². The normalized spacial score (nSPS) is 18.8. The van der Waals surface area contributed by atoms with Crippen molar-refractivity contribution in [2.24, 2.45) is 11.7 Å². The maximum absolute atomic E-state index is 11.6.